The van der Waals surface area contributed by atoms with Crippen LogP contribution in [0.5, 0.6) is 5.75 Å². The van der Waals surface area contributed by atoms with Crippen LogP contribution in [0.3, 0.4) is 0 Å². The van der Waals surface area contributed by atoms with Crippen LogP contribution in [0.2, 0.25) is 0 Å². The molecule has 0 spiro atoms. The maximum Gasteiger partial charge on any atom is 0.310 e. The molecular formula is C27H27N5O4. The first kappa shape index (κ1) is 23.4. The summed E-state index contributed by atoms with van der Waals surface area (Å²) in [7, 11) is 1.63. The lowest BCUT2D eigenvalue weighted by Crippen LogP contribution is -2.40. The molecule has 36 heavy (non-hydrogen) atoms. The van der Waals surface area contributed by atoms with E-state index in [2.05, 4.69) is 34.1 Å². The van der Waals surface area contributed by atoms with Gasteiger partial charge in [0.25, 0.3) is 5.91 Å². The number of carbonyl (C=O) groups is 3. The maximum atomic E-state index is 13.4. The Hall–Kier alpha value is -4.32. The molecule has 2 aliphatic carbocycles. The Morgan fingerprint density at radius 3 is 2.61 bits per heavy atom. The molecule has 2 saturated carbocycles. The summed E-state index contributed by atoms with van der Waals surface area (Å²) in [6.07, 6.45) is 11.0. The monoisotopic (exact) mass is 485 g/mol. The average molecular weight is 486 g/mol. The van der Waals surface area contributed by atoms with Gasteiger partial charge in [0.15, 0.2) is 0 Å². The third-order valence-electron chi connectivity index (χ3n) is 6.65. The molecule has 0 atom stereocenters. The average Bonchev–Trinajstić information content (AvgIpc) is 3.83. The molecule has 9 nitrogen and oxygen atoms in total. The number of terminal acetylenes is 1. The highest BCUT2D eigenvalue weighted by atomic mass is 16.5. The summed E-state index contributed by atoms with van der Waals surface area (Å²) in [5.74, 6) is 1.05. The number of rotatable bonds is 8. The molecule has 184 valence electrons. The van der Waals surface area contributed by atoms with Crippen molar-refractivity contribution in [1.82, 2.24) is 25.7 Å². The van der Waals surface area contributed by atoms with E-state index in [1.54, 1.807) is 31.4 Å². The second-order valence-electron chi connectivity index (χ2n) is 9.22. The molecular weight excluding hydrogens is 458 g/mol. The van der Waals surface area contributed by atoms with E-state index in [0.717, 1.165) is 42.1 Å². The quantitative estimate of drug-likeness (QED) is 0.334. The topological polar surface area (TPSA) is 114 Å². The van der Waals surface area contributed by atoms with Gasteiger partial charge in [0, 0.05) is 23.7 Å². The van der Waals surface area contributed by atoms with Gasteiger partial charge in [0.05, 0.1) is 25.2 Å². The van der Waals surface area contributed by atoms with Crippen LogP contribution in [0.15, 0.2) is 42.6 Å². The number of aromatic nitrogens is 2. The lowest BCUT2D eigenvalue weighted by Gasteiger charge is -2.20. The van der Waals surface area contributed by atoms with Crippen molar-refractivity contribution in [3.05, 3.63) is 59.3 Å². The van der Waals surface area contributed by atoms with Gasteiger partial charge >= 0.3 is 11.8 Å². The van der Waals surface area contributed by atoms with Crippen LogP contribution in [0, 0.1) is 12.3 Å². The van der Waals surface area contributed by atoms with Crippen molar-refractivity contribution in [1.29, 1.82) is 0 Å². The highest BCUT2D eigenvalue weighted by molar-refractivity contribution is 6.35. The Labute approximate surface area is 208 Å². The Balaban J connectivity index is 1.33. The molecule has 0 radical (unpaired) electrons. The minimum absolute atomic E-state index is 0.0268. The number of nitrogens with zero attached hydrogens (tertiary/aromatic N) is 2. The first-order chi connectivity index (χ1) is 17.4. The molecule has 3 N–H and O–H groups in total. The van der Waals surface area contributed by atoms with Gasteiger partial charge in [-0.05, 0) is 55.0 Å². The minimum Gasteiger partial charge on any atom is -0.494 e. The summed E-state index contributed by atoms with van der Waals surface area (Å²) in [6.45, 7) is -0.00962. The van der Waals surface area contributed by atoms with Gasteiger partial charge in [-0.15, -0.1) is 6.42 Å². The van der Waals surface area contributed by atoms with E-state index in [1.807, 2.05) is 10.7 Å². The number of carbonyl (C=O) groups excluding carboxylic acids is 3. The second kappa shape index (κ2) is 9.38. The van der Waals surface area contributed by atoms with E-state index >= 15 is 0 Å². The van der Waals surface area contributed by atoms with Gasteiger partial charge in [0.1, 0.15) is 11.3 Å². The number of ether oxygens (including phenoxy) is 1. The van der Waals surface area contributed by atoms with Crippen molar-refractivity contribution in [3.8, 4) is 18.1 Å². The number of fused-ring (bicyclic) bond motifs is 1. The zero-order chi connectivity index (χ0) is 25.3. The molecule has 5 rings (SSSR count). The Bertz CT molecular complexity index is 1390. The molecule has 0 aliphatic heterocycles. The van der Waals surface area contributed by atoms with Gasteiger partial charge in [-0.1, -0.05) is 24.1 Å². The molecule has 2 aliphatic rings. The van der Waals surface area contributed by atoms with Crippen molar-refractivity contribution >= 4 is 28.6 Å². The molecule has 0 unspecified atom stereocenters. The predicted molar refractivity (Wildman–Crippen MR) is 133 cm³/mol. The lowest BCUT2D eigenvalue weighted by molar-refractivity contribution is -0.139. The van der Waals surface area contributed by atoms with Gasteiger partial charge in [0.2, 0.25) is 0 Å². The number of amides is 3. The fourth-order valence-electron chi connectivity index (χ4n) is 4.34. The summed E-state index contributed by atoms with van der Waals surface area (Å²) in [5.41, 5.74) is 2.34. The number of hydrogen-bond donors (Lipinski definition) is 3. The number of benzene rings is 2. The highest BCUT2D eigenvalue weighted by Crippen LogP contribution is 2.48. The zero-order valence-corrected chi connectivity index (χ0v) is 20.0. The zero-order valence-electron chi connectivity index (χ0n) is 20.0. The van der Waals surface area contributed by atoms with E-state index in [9.17, 15) is 14.4 Å². The Kier molecular flexibility index (Phi) is 6.10. The van der Waals surface area contributed by atoms with Gasteiger partial charge in [-0.3, -0.25) is 19.1 Å². The normalized spacial score (nSPS) is 15.6. The largest absolute Gasteiger partial charge is 0.494 e. The lowest BCUT2D eigenvalue weighted by atomic mass is 10.0. The van der Waals surface area contributed by atoms with Crippen molar-refractivity contribution in [2.75, 3.05) is 13.7 Å². The summed E-state index contributed by atoms with van der Waals surface area (Å²) in [6, 6.07) is 11.5. The summed E-state index contributed by atoms with van der Waals surface area (Å²) in [4.78, 5) is 37.2. The van der Waals surface area contributed by atoms with E-state index in [1.165, 1.54) is 0 Å². The van der Waals surface area contributed by atoms with Gasteiger partial charge in [-0.2, -0.15) is 5.10 Å². The standard InChI is InChI=1S/C27H27N5O4/c1-3-12-28-25(34)26(35)29-15-17-6-4-5-7-21(17)24(33)30-27(10-11-27)19-13-18-16-32(20-8-9-20)31-23(18)22(14-19)36-2/h1,4-7,13-14,16,20H,8-12,15H2,2H3,(H,28,34)(H,29,35)(H,30,33). The molecule has 1 heterocycles. The first-order valence-corrected chi connectivity index (χ1v) is 11.9. The smallest absolute Gasteiger partial charge is 0.310 e. The molecule has 3 amide bonds. The minimum atomic E-state index is -0.818. The van der Waals surface area contributed by atoms with E-state index in [-0.39, 0.29) is 19.0 Å². The predicted octanol–water partition coefficient (Wildman–Crippen LogP) is 2.16. The fourth-order valence-corrected chi connectivity index (χ4v) is 4.34. The molecule has 3 aromatic rings. The van der Waals surface area contributed by atoms with Crippen molar-refractivity contribution < 1.29 is 19.1 Å². The molecule has 1 aromatic heterocycles. The highest BCUT2D eigenvalue weighted by Gasteiger charge is 2.46. The maximum absolute atomic E-state index is 13.4. The second-order valence-corrected chi connectivity index (χ2v) is 9.22. The molecule has 2 fully saturated rings. The van der Waals surface area contributed by atoms with Crippen LogP contribution in [-0.2, 0) is 21.7 Å². The van der Waals surface area contributed by atoms with Crippen LogP contribution in [-0.4, -0.2) is 41.2 Å². The molecule has 0 saturated heterocycles. The SMILES string of the molecule is C#CCNC(=O)C(=O)NCc1ccccc1C(=O)NC1(c2cc(OC)c3nn(C4CC4)cc3c2)CC1. The van der Waals surface area contributed by atoms with Crippen molar-refractivity contribution in [2.45, 2.75) is 43.8 Å². The third kappa shape index (κ3) is 4.62. The van der Waals surface area contributed by atoms with Crippen LogP contribution < -0.4 is 20.7 Å². The van der Waals surface area contributed by atoms with E-state index < -0.39 is 17.4 Å². The van der Waals surface area contributed by atoms with Gasteiger partial charge < -0.3 is 20.7 Å². The molecule has 2 aromatic carbocycles. The summed E-state index contributed by atoms with van der Waals surface area (Å²) in [5, 5.41) is 13.7. The fraction of sp³-hybridized carbons (Fsp3) is 0.333. The van der Waals surface area contributed by atoms with Crippen LogP contribution >= 0.6 is 0 Å². The van der Waals surface area contributed by atoms with Gasteiger partial charge in [-0.25, -0.2) is 0 Å². The third-order valence-corrected chi connectivity index (χ3v) is 6.65. The van der Waals surface area contributed by atoms with Crippen LogP contribution in [0.25, 0.3) is 10.9 Å². The van der Waals surface area contributed by atoms with Crippen molar-refractivity contribution in [3.63, 3.8) is 0 Å². The molecule has 0 bridgehead atoms. The summed E-state index contributed by atoms with van der Waals surface area (Å²) < 4.78 is 7.65. The van der Waals surface area contributed by atoms with Crippen LogP contribution in [0.1, 0.15) is 53.2 Å². The van der Waals surface area contributed by atoms with Crippen molar-refractivity contribution in [2.24, 2.45) is 0 Å². The number of hydrogen-bond acceptors (Lipinski definition) is 5. The Morgan fingerprint density at radius 1 is 1.17 bits per heavy atom. The van der Waals surface area contributed by atoms with Crippen LogP contribution in [0.4, 0.5) is 0 Å². The number of nitrogens with one attached hydrogen (secondary N) is 3. The number of methoxy groups -OCH3 is 1. The first-order valence-electron chi connectivity index (χ1n) is 11.9. The van der Waals surface area contributed by atoms with E-state index in [4.69, 9.17) is 16.3 Å². The Morgan fingerprint density at radius 2 is 1.92 bits per heavy atom. The molecule has 9 heteroatoms. The summed E-state index contributed by atoms with van der Waals surface area (Å²) >= 11 is 0. The van der Waals surface area contributed by atoms with E-state index in [0.29, 0.717) is 22.9 Å².